The molecule has 0 atom stereocenters. The number of nitrogens with two attached hydrogens (primary N) is 1. The summed E-state index contributed by atoms with van der Waals surface area (Å²) >= 11 is 0. The molecule has 1 aromatic rings. The van der Waals surface area contributed by atoms with E-state index in [0.29, 0.717) is 12.5 Å². The average molecular weight is 204 g/mol. The molecule has 0 spiro atoms. The quantitative estimate of drug-likeness (QED) is 0.800. The molecule has 2 N–H and O–H groups in total. The summed E-state index contributed by atoms with van der Waals surface area (Å²) in [5, 5.41) is 3.90. The number of aryl methyl sites for hydroxylation is 1. The number of rotatable bonds is 4. The van der Waals surface area contributed by atoms with Gasteiger partial charge in [0.15, 0.2) is 5.82 Å². The van der Waals surface area contributed by atoms with Gasteiger partial charge in [-0.1, -0.05) is 5.16 Å². The highest BCUT2D eigenvalue weighted by atomic mass is 35.5. The summed E-state index contributed by atoms with van der Waals surface area (Å²) in [6.45, 7) is 0.682. The van der Waals surface area contributed by atoms with Gasteiger partial charge in [-0.15, -0.1) is 12.4 Å². The molecular weight excluding hydrogens is 190 g/mol. The van der Waals surface area contributed by atoms with Gasteiger partial charge in [0.2, 0.25) is 5.89 Å². The van der Waals surface area contributed by atoms with E-state index >= 15 is 0 Å². The molecule has 4 nitrogen and oxygen atoms in total. The van der Waals surface area contributed by atoms with Crippen molar-refractivity contribution in [3.8, 4) is 0 Å². The molecule has 1 aliphatic rings. The van der Waals surface area contributed by atoms with E-state index in [4.69, 9.17) is 10.3 Å². The molecule has 0 amide bonds. The first-order valence-electron chi connectivity index (χ1n) is 4.42. The zero-order valence-corrected chi connectivity index (χ0v) is 8.22. The molecule has 74 valence electrons. The van der Waals surface area contributed by atoms with Crippen LogP contribution in [-0.2, 0) is 6.42 Å². The summed E-state index contributed by atoms with van der Waals surface area (Å²) in [5.41, 5.74) is 5.37. The third-order valence-corrected chi connectivity index (χ3v) is 2.02. The molecule has 5 heteroatoms. The molecule has 0 bridgehead atoms. The number of aromatic nitrogens is 2. The summed E-state index contributed by atoms with van der Waals surface area (Å²) in [4.78, 5) is 4.28. The van der Waals surface area contributed by atoms with Crippen molar-refractivity contribution in [2.45, 2.75) is 31.6 Å². The van der Waals surface area contributed by atoms with E-state index < -0.39 is 0 Å². The molecule has 0 radical (unpaired) electrons. The van der Waals surface area contributed by atoms with E-state index in [2.05, 4.69) is 10.1 Å². The molecule has 0 saturated heterocycles. The van der Waals surface area contributed by atoms with Crippen LogP contribution in [0, 0.1) is 0 Å². The molecule has 0 aliphatic heterocycles. The summed E-state index contributed by atoms with van der Waals surface area (Å²) in [5.74, 6) is 2.21. The van der Waals surface area contributed by atoms with Gasteiger partial charge < -0.3 is 10.3 Å². The Morgan fingerprint density at radius 2 is 2.23 bits per heavy atom. The van der Waals surface area contributed by atoms with Crippen molar-refractivity contribution in [3.05, 3.63) is 11.7 Å². The van der Waals surface area contributed by atoms with Crippen molar-refractivity contribution in [1.82, 2.24) is 10.1 Å². The van der Waals surface area contributed by atoms with Crippen LogP contribution < -0.4 is 5.73 Å². The zero-order valence-electron chi connectivity index (χ0n) is 7.40. The molecule has 0 unspecified atom stereocenters. The normalized spacial score (nSPS) is 15.5. The van der Waals surface area contributed by atoms with Crippen LogP contribution in [0.3, 0.4) is 0 Å². The van der Waals surface area contributed by atoms with Crippen LogP contribution in [0.5, 0.6) is 0 Å². The van der Waals surface area contributed by atoms with Crippen LogP contribution in [0.4, 0.5) is 0 Å². The lowest BCUT2D eigenvalue weighted by atomic mass is 10.3. The van der Waals surface area contributed by atoms with E-state index in [1.165, 1.54) is 12.8 Å². The summed E-state index contributed by atoms with van der Waals surface area (Å²) in [7, 11) is 0. The first kappa shape index (κ1) is 10.5. The Bertz CT molecular complexity index is 260. The highest BCUT2D eigenvalue weighted by Gasteiger charge is 2.28. The van der Waals surface area contributed by atoms with Crippen molar-refractivity contribution in [3.63, 3.8) is 0 Å². The van der Waals surface area contributed by atoms with E-state index in [1.807, 2.05) is 0 Å². The van der Waals surface area contributed by atoms with Gasteiger partial charge >= 0.3 is 0 Å². The summed E-state index contributed by atoms with van der Waals surface area (Å²) < 4.78 is 5.05. The highest BCUT2D eigenvalue weighted by molar-refractivity contribution is 5.85. The monoisotopic (exact) mass is 203 g/mol. The second kappa shape index (κ2) is 4.58. The lowest BCUT2D eigenvalue weighted by Gasteiger charge is -1.88. The lowest BCUT2D eigenvalue weighted by Crippen LogP contribution is -2.00. The number of nitrogens with zero attached hydrogens (tertiary/aromatic N) is 2. The van der Waals surface area contributed by atoms with Crippen molar-refractivity contribution in [2.24, 2.45) is 5.73 Å². The minimum atomic E-state index is 0. The second-order valence-corrected chi connectivity index (χ2v) is 3.21. The smallest absolute Gasteiger partial charge is 0.226 e. The van der Waals surface area contributed by atoms with Crippen LogP contribution in [0.25, 0.3) is 0 Å². The fourth-order valence-corrected chi connectivity index (χ4v) is 1.13. The molecule has 1 heterocycles. The zero-order chi connectivity index (χ0) is 8.39. The Morgan fingerprint density at radius 1 is 1.46 bits per heavy atom. The van der Waals surface area contributed by atoms with Crippen LogP contribution in [0.2, 0.25) is 0 Å². The Balaban J connectivity index is 0.000000845. The Hall–Kier alpha value is -0.610. The van der Waals surface area contributed by atoms with Crippen molar-refractivity contribution in [1.29, 1.82) is 0 Å². The van der Waals surface area contributed by atoms with Crippen LogP contribution in [-0.4, -0.2) is 16.7 Å². The average Bonchev–Trinajstić information content (AvgIpc) is 2.83. The largest absolute Gasteiger partial charge is 0.339 e. The molecule has 2 rings (SSSR count). The molecule has 13 heavy (non-hydrogen) atoms. The number of halogens is 1. The summed E-state index contributed by atoms with van der Waals surface area (Å²) in [6.07, 6.45) is 4.17. The van der Waals surface area contributed by atoms with Crippen molar-refractivity contribution in [2.75, 3.05) is 6.54 Å². The third kappa shape index (κ3) is 2.67. The molecular formula is C8H14ClN3O. The molecule has 1 saturated carbocycles. The van der Waals surface area contributed by atoms with Gasteiger partial charge in [0.1, 0.15) is 0 Å². The Labute approximate surface area is 83.3 Å². The van der Waals surface area contributed by atoms with Crippen LogP contribution >= 0.6 is 12.4 Å². The van der Waals surface area contributed by atoms with Gasteiger partial charge in [0.05, 0.1) is 0 Å². The van der Waals surface area contributed by atoms with Gasteiger partial charge in [-0.2, -0.15) is 4.98 Å². The minimum Gasteiger partial charge on any atom is -0.339 e. The van der Waals surface area contributed by atoms with Crippen molar-refractivity contribution < 1.29 is 4.52 Å². The molecule has 1 aliphatic carbocycles. The maximum atomic E-state index is 5.37. The second-order valence-electron chi connectivity index (χ2n) is 3.21. The fourth-order valence-electron chi connectivity index (χ4n) is 1.13. The number of hydrogen-bond donors (Lipinski definition) is 1. The van der Waals surface area contributed by atoms with Gasteiger partial charge in [-0.3, -0.25) is 0 Å². The van der Waals surface area contributed by atoms with Gasteiger partial charge in [0.25, 0.3) is 0 Å². The number of hydrogen-bond acceptors (Lipinski definition) is 4. The maximum absolute atomic E-state index is 5.37. The third-order valence-electron chi connectivity index (χ3n) is 2.02. The highest BCUT2D eigenvalue weighted by Crippen LogP contribution is 2.38. The molecule has 1 fully saturated rings. The van der Waals surface area contributed by atoms with Crippen molar-refractivity contribution >= 4 is 12.4 Å². The van der Waals surface area contributed by atoms with E-state index in [9.17, 15) is 0 Å². The Morgan fingerprint density at radius 3 is 2.85 bits per heavy atom. The predicted molar refractivity (Wildman–Crippen MR) is 50.9 cm³/mol. The van der Waals surface area contributed by atoms with Gasteiger partial charge in [0, 0.05) is 12.3 Å². The first-order chi connectivity index (χ1) is 5.90. The molecule has 0 aromatic carbocycles. The van der Waals surface area contributed by atoms with Crippen LogP contribution in [0.15, 0.2) is 4.52 Å². The Kier molecular flexibility index (Phi) is 3.69. The van der Waals surface area contributed by atoms with E-state index in [0.717, 1.165) is 24.6 Å². The lowest BCUT2D eigenvalue weighted by molar-refractivity contribution is 0.371. The van der Waals surface area contributed by atoms with Gasteiger partial charge in [-0.25, -0.2) is 0 Å². The SMILES string of the molecule is Cl.NCCCc1nc(C2CC2)no1. The first-order valence-corrected chi connectivity index (χ1v) is 4.42. The minimum absolute atomic E-state index is 0. The maximum Gasteiger partial charge on any atom is 0.226 e. The molecule has 1 aromatic heterocycles. The van der Waals surface area contributed by atoms with Crippen LogP contribution in [0.1, 0.15) is 36.9 Å². The predicted octanol–water partition coefficient (Wildman–Crippen LogP) is 1.26. The van der Waals surface area contributed by atoms with E-state index in [1.54, 1.807) is 0 Å². The van der Waals surface area contributed by atoms with Gasteiger partial charge in [-0.05, 0) is 25.8 Å². The summed E-state index contributed by atoms with van der Waals surface area (Å²) in [6, 6.07) is 0. The standard InChI is InChI=1S/C8H13N3O.ClH/c9-5-1-2-7-10-8(11-12-7)6-3-4-6;/h6H,1-5,9H2;1H. The fraction of sp³-hybridized carbons (Fsp3) is 0.750. The topological polar surface area (TPSA) is 64.9 Å². The van der Waals surface area contributed by atoms with E-state index in [-0.39, 0.29) is 12.4 Å².